The van der Waals surface area contributed by atoms with Crippen molar-refractivity contribution in [3.8, 4) is 0 Å². The third-order valence-electron chi connectivity index (χ3n) is 3.13. The summed E-state index contributed by atoms with van der Waals surface area (Å²) in [5.74, 6) is 0.852. The van der Waals surface area contributed by atoms with E-state index < -0.39 is 0 Å². The summed E-state index contributed by atoms with van der Waals surface area (Å²) in [5.41, 5.74) is 0.978. The molecule has 0 amide bonds. The second kappa shape index (κ2) is 5.65. The Morgan fingerprint density at radius 3 is 3.06 bits per heavy atom. The molecule has 5 heteroatoms. The third-order valence-corrected chi connectivity index (χ3v) is 3.30. The lowest BCUT2D eigenvalue weighted by Gasteiger charge is -2.24. The molecule has 17 heavy (non-hydrogen) atoms. The van der Waals surface area contributed by atoms with E-state index in [1.807, 2.05) is 6.07 Å². The molecule has 0 aliphatic carbocycles. The molecule has 1 aromatic heterocycles. The van der Waals surface area contributed by atoms with Gasteiger partial charge in [-0.05, 0) is 30.9 Å². The molecule has 0 radical (unpaired) electrons. The van der Waals surface area contributed by atoms with Crippen molar-refractivity contribution in [1.29, 1.82) is 0 Å². The Morgan fingerprint density at radius 2 is 2.35 bits per heavy atom. The topological polar surface area (TPSA) is 49.2 Å². The lowest BCUT2D eigenvalue weighted by molar-refractivity contribution is 0.266. The molecular weight excluding hydrogens is 238 g/mol. The fraction of sp³-hybridized carbons (Fsp3) is 0.667. The van der Waals surface area contributed by atoms with Gasteiger partial charge in [-0.15, -0.1) is 0 Å². The number of aromatic nitrogens is 2. The van der Waals surface area contributed by atoms with Gasteiger partial charge in [-0.2, -0.15) is 0 Å². The SMILES string of the molecule is CCCc1cc(N2CCCC2CO)nc(Cl)n1. The van der Waals surface area contributed by atoms with Crippen LogP contribution < -0.4 is 4.90 Å². The molecule has 1 aliphatic heterocycles. The number of hydrogen-bond acceptors (Lipinski definition) is 4. The van der Waals surface area contributed by atoms with Gasteiger partial charge in [-0.1, -0.05) is 13.3 Å². The van der Waals surface area contributed by atoms with Gasteiger partial charge in [-0.3, -0.25) is 0 Å². The lowest BCUT2D eigenvalue weighted by atomic mass is 10.2. The van der Waals surface area contributed by atoms with Crippen molar-refractivity contribution >= 4 is 17.4 Å². The Labute approximate surface area is 107 Å². The number of aliphatic hydroxyl groups excluding tert-OH is 1. The molecule has 94 valence electrons. The van der Waals surface area contributed by atoms with Gasteiger partial charge in [0.05, 0.1) is 12.6 Å². The number of hydrogen-bond donors (Lipinski definition) is 1. The van der Waals surface area contributed by atoms with Crippen LogP contribution in [0.3, 0.4) is 0 Å². The molecule has 1 aliphatic rings. The summed E-state index contributed by atoms with van der Waals surface area (Å²) in [6, 6.07) is 2.17. The van der Waals surface area contributed by atoms with Crippen molar-refractivity contribution in [2.24, 2.45) is 0 Å². The number of halogens is 1. The van der Waals surface area contributed by atoms with Crippen molar-refractivity contribution in [2.45, 2.75) is 38.6 Å². The maximum absolute atomic E-state index is 9.32. The van der Waals surface area contributed by atoms with E-state index in [4.69, 9.17) is 11.6 Å². The molecule has 1 unspecified atom stereocenters. The zero-order chi connectivity index (χ0) is 12.3. The molecule has 2 rings (SSSR count). The minimum atomic E-state index is 0.171. The first-order valence-corrected chi connectivity index (χ1v) is 6.53. The van der Waals surface area contributed by atoms with Crippen LogP contribution in [0.5, 0.6) is 0 Å². The predicted octanol–water partition coefficient (Wildman–Crippen LogP) is 2.04. The fourth-order valence-corrected chi connectivity index (χ4v) is 2.51. The van der Waals surface area contributed by atoms with Crippen LogP contribution in [0.4, 0.5) is 5.82 Å². The second-order valence-electron chi connectivity index (χ2n) is 4.41. The molecule has 0 bridgehead atoms. The highest BCUT2D eigenvalue weighted by molar-refractivity contribution is 6.28. The Hall–Kier alpha value is -0.870. The largest absolute Gasteiger partial charge is 0.394 e. The van der Waals surface area contributed by atoms with Crippen molar-refractivity contribution < 1.29 is 5.11 Å². The Balaban J connectivity index is 2.24. The second-order valence-corrected chi connectivity index (χ2v) is 4.75. The van der Waals surface area contributed by atoms with Gasteiger partial charge in [0.2, 0.25) is 5.28 Å². The maximum Gasteiger partial charge on any atom is 0.224 e. The van der Waals surface area contributed by atoms with Gasteiger partial charge in [0, 0.05) is 18.3 Å². The number of aryl methyl sites for hydroxylation is 1. The standard InChI is InChI=1S/C12H18ClN3O/c1-2-4-9-7-11(15-12(13)14-9)16-6-3-5-10(16)8-17/h7,10,17H,2-6,8H2,1H3. The molecule has 1 fully saturated rings. The summed E-state index contributed by atoms with van der Waals surface area (Å²) < 4.78 is 0. The highest BCUT2D eigenvalue weighted by atomic mass is 35.5. The number of nitrogens with zero attached hydrogens (tertiary/aromatic N) is 3. The number of aliphatic hydroxyl groups is 1. The fourth-order valence-electron chi connectivity index (χ4n) is 2.31. The highest BCUT2D eigenvalue weighted by Crippen LogP contribution is 2.25. The van der Waals surface area contributed by atoms with Crippen LogP contribution in [0.1, 0.15) is 31.9 Å². The van der Waals surface area contributed by atoms with Crippen LogP contribution in [0, 0.1) is 0 Å². The van der Waals surface area contributed by atoms with E-state index in [0.29, 0.717) is 5.28 Å². The molecule has 4 nitrogen and oxygen atoms in total. The summed E-state index contributed by atoms with van der Waals surface area (Å²) in [6.45, 7) is 3.22. The minimum absolute atomic E-state index is 0.171. The van der Waals surface area contributed by atoms with Gasteiger partial charge in [0.1, 0.15) is 5.82 Å². The molecule has 1 saturated heterocycles. The predicted molar refractivity (Wildman–Crippen MR) is 68.5 cm³/mol. The van der Waals surface area contributed by atoms with Gasteiger partial charge in [0.25, 0.3) is 0 Å². The zero-order valence-electron chi connectivity index (χ0n) is 10.1. The summed E-state index contributed by atoms with van der Waals surface area (Å²) in [6.07, 6.45) is 4.06. The number of anilines is 1. The lowest BCUT2D eigenvalue weighted by Crippen LogP contribution is -2.32. The van der Waals surface area contributed by atoms with Crippen LogP contribution in [0.15, 0.2) is 6.07 Å². The molecule has 2 heterocycles. The zero-order valence-corrected chi connectivity index (χ0v) is 10.8. The summed E-state index contributed by atoms with van der Waals surface area (Å²) >= 11 is 5.94. The summed E-state index contributed by atoms with van der Waals surface area (Å²) in [7, 11) is 0. The van der Waals surface area contributed by atoms with Gasteiger partial charge in [0.15, 0.2) is 0 Å². The van der Waals surface area contributed by atoms with Crippen molar-refractivity contribution in [2.75, 3.05) is 18.1 Å². The summed E-state index contributed by atoms with van der Waals surface area (Å²) in [5, 5.41) is 9.62. The normalized spacial score (nSPS) is 19.9. The number of rotatable bonds is 4. The smallest absolute Gasteiger partial charge is 0.224 e. The van der Waals surface area contributed by atoms with Crippen molar-refractivity contribution in [3.63, 3.8) is 0 Å². The van der Waals surface area contributed by atoms with Crippen LogP contribution in [0.25, 0.3) is 0 Å². The van der Waals surface area contributed by atoms with E-state index in [-0.39, 0.29) is 12.6 Å². The molecule has 1 N–H and O–H groups in total. The van der Waals surface area contributed by atoms with E-state index in [1.165, 1.54) is 0 Å². The minimum Gasteiger partial charge on any atom is -0.394 e. The average Bonchev–Trinajstić information content (AvgIpc) is 2.76. The molecular formula is C12H18ClN3O. The first-order chi connectivity index (χ1) is 8.24. The summed E-state index contributed by atoms with van der Waals surface area (Å²) in [4.78, 5) is 10.6. The van der Waals surface area contributed by atoms with Gasteiger partial charge < -0.3 is 10.0 Å². The van der Waals surface area contributed by atoms with Crippen molar-refractivity contribution in [1.82, 2.24) is 9.97 Å². The van der Waals surface area contributed by atoms with Crippen LogP contribution in [0.2, 0.25) is 5.28 Å². The molecule has 0 saturated carbocycles. The molecule has 1 aromatic rings. The molecule has 1 atom stereocenters. The van der Waals surface area contributed by atoms with Crippen LogP contribution in [-0.4, -0.2) is 34.3 Å². The molecule has 0 aromatic carbocycles. The van der Waals surface area contributed by atoms with Gasteiger partial charge in [-0.25, -0.2) is 9.97 Å². The quantitative estimate of drug-likeness (QED) is 0.837. The van der Waals surface area contributed by atoms with Crippen LogP contribution in [-0.2, 0) is 6.42 Å². The van der Waals surface area contributed by atoms with E-state index in [9.17, 15) is 5.11 Å². The Kier molecular flexibility index (Phi) is 4.18. The van der Waals surface area contributed by atoms with E-state index in [1.54, 1.807) is 0 Å². The third kappa shape index (κ3) is 2.87. The Morgan fingerprint density at radius 1 is 1.53 bits per heavy atom. The van der Waals surface area contributed by atoms with E-state index in [2.05, 4.69) is 21.8 Å². The van der Waals surface area contributed by atoms with Crippen LogP contribution >= 0.6 is 11.6 Å². The van der Waals surface area contributed by atoms with Gasteiger partial charge >= 0.3 is 0 Å². The van der Waals surface area contributed by atoms with Crippen molar-refractivity contribution in [3.05, 3.63) is 17.0 Å². The van der Waals surface area contributed by atoms with E-state index >= 15 is 0 Å². The highest BCUT2D eigenvalue weighted by Gasteiger charge is 2.25. The average molecular weight is 256 g/mol. The molecule has 0 spiro atoms. The van der Waals surface area contributed by atoms with E-state index in [0.717, 1.165) is 43.7 Å². The monoisotopic (exact) mass is 255 g/mol. The Bertz CT molecular complexity index is 386. The maximum atomic E-state index is 9.32. The first kappa shape index (κ1) is 12.6. The first-order valence-electron chi connectivity index (χ1n) is 6.15.